The number of carbonyl (C=O) groups is 1. The third kappa shape index (κ3) is 3.94. The molecule has 0 N–H and O–H groups in total. The monoisotopic (exact) mass is 319 g/mol. The summed E-state index contributed by atoms with van der Waals surface area (Å²) >= 11 is 0. The van der Waals surface area contributed by atoms with Crippen molar-refractivity contribution in [3.63, 3.8) is 0 Å². The van der Waals surface area contributed by atoms with E-state index in [1.54, 1.807) is 4.90 Å². The Morgan fingerprint density at radius 3 is 2.83 bits per heavy atom. The second kappa shape index (κ2) is 7.04. The first-order chi connectivity index (χ1) is 10.9. The Morgan fingerprint density at radius 2 is 2.22 bits per heavy atom. The van der Waals surface area contributed by atoms with E-state index >= 15 is 0 Å². The number of amides is 1. The molecule has 0 atom stereocenters. The molecular formula is C16H18FN3O3. The Balaban J connectivity index is 2.39. The fourth-order valence-electron chi connectivity index (χ4n) is 2.20. The number of benzene rings is 1. The van der Waals surface area contributed by atoms with Crippen LogP contribution in [0.1, 0.15) is 31.1 Å². The van der Waals surface area contributed by atoms with Crippen LogP contribution >= 0.6 is 0 Å². The van der Waals surface area contributed by atoms with Crippen molar-refractivity contribution in [1.82, 2.24) is 9.88 Å². The molecular weight excluding hydrogens is 301 g/mol. The number of carbonyl (C=O) groups excluding carboxylic acids is 1. The van der Waals surface area contributed by atoms with Crippen LogP contribution < -0.4 is 9.47 Å². The molecule has 2 rings (SSSR count). The minimum absolute atomic E-state index is 0.0363. The Morgan fingerprint density at radius 1 is 1.48 bits per heavy atom. The van der Waals surface area contributed by atoms with Gasteiger partial charge in [-0.05, 0) is 39.0 Å². The highest BCUT2D eigenvalue weighted by Gasteiger charge is 2.22. The van der Waals surface area contributed by atoms with Gasteiger partial charge in [-0.1, -0.05) is 4.98 Å². The van der Waals surface area contributed by atoms with E-state index in [1.165, 1.54) is 24.5 Å². The van der Waals surface area contributed by atoms with Crippen molar-refractivity contribution in [3.05, 3.63) is 53.5 Å². The normalized spacial score (nSPS) is 10.7. The van der Waals surface area contributed by atoms with Crippen LogP contribution in [0.5, 0.6) is 11.5 Å². The van der Waals surface area contributed by atoms with Crippen molar-refractivity contribution in [2.75, 3.05) is 6.54 Å². The van der Waals surface area contributed by atoms with Gasteiger partial charge in [-0.15, -0.1) is 0 Å². The Labute approximate surface area is 133 Å². The van der Waals surface area contributed by atoms with Crippen LogP contribution in [0.15, 0.2) is 36.9 Å². The highest BCUT2D eigenvalue weighted by molar-refractivity contribution is 5.97. The predicted octanol–water partition coefficient (Wildman–Crippen LogP) is 2.52. The molecule has 0 fully saturated rings. The lowest BCUT2D eigenvalue weighted by molar-refractivity contribution is -0.609. The van der Waals surface area contributed by atoms with Crippen molar-refractivity contribution in [3.8, 4) is 11.5 Å². The minimum atomic E-state index is -0.536. The summed E-state index contributed by atoms with van der Waals surface area (Å²) in [7, 11) is 0. The van der Waals surface area contributed by atoms with Crippen molar-refractivity contribution >= 4 is 5.91 Å². The van der Waals surface area contributed by atoms with Gasteiger partial charge in [0.05, 0.1) is 5.56 Å². The zero-order valence-electron chi connectivity index (χ0n) is 13.2. The van der Waals surface area contributed by atoms with Crippen LogP contribution in [0.2, 0.25) is 0 Å². The molecule has 0 unspecified atom stereocenters. The van der Waals surface area contributed by atoms with Gasteiger partial charge < -0.3 is 14.8 Å². The van der Waals surface area contributed by atoms with Gasteiger partial charge in [0.2, 0.25) is 5.75 Å². The van der Waals surface area contributed by atoms with Gasteiger partial charge in [-0.2, -0.15) is 0 Å². The predicted molar refractivity (Wildman–Crippen MR) is 81.5 cm³/mol. The smallest absolute Gasteiger partial charge is 0.289 e. The zero-order chi connectivity index (χ0) is 17.0. The molecule has 1 aromatic carbocycles. The van der Waals surface area contributed by atoms with Gasteiger partial charge >= 0.3 is 0 Å². The number of ether oxygens (including phenoxy) is 1. The second-order valence-corrected chi connectivity index (χ2v) is 5.21. The fourth-order valence-corrected chi connectivity index (χ4v) is 2.20. The maximum atomic E-state index is 13.6. The third-order valence-electron chi connectivity index (χ3n) is 3.26. The quantitative estimate of drug-likeness (QED) is 0.627. The van der Waals surface area contributed by atoms with Gasteiger partial charge in [0.1, 0.15) is 17.8 Å². The number of hydrogen-bond acceptors (Lipinski definition) is 4. The van der Waals surface area contributed by atoms with Crippen LogP contribution in [0.3, 0.4) is 0 Å². The topological polar surface area (TPSA) is 69.4 Å². The van der Waals surface area contributed by atoms with Crippen molar-refractivity contribution in [2.45, 2.75) is 26.8 Å². The summed E-state index contributed by atoms with van der Waals surface area (Å²) in [4.78, 5) is 17.9. The molecule has 1 amide bonds. The van der Waals surface area contributed by atoms with E-state index in [-0.39, 0.29) is 29.0 Å². The number of nitrogens with zero attached hydrogens (tertiary/aromatic N) is 3. The Bertz CT molecular complexity index is 707. The number of aromatic nitrogens is 2. The molecule has 0 radical (unpaired) electrons. The molecule has 0 aliphatic carbocycles. The van der Waals surface area contributed by atoms with Gasteiger partial charge in [-0.25, -0.2) is 9.12 Å². The van der Waals surface area contributed by atoms with E-state index in [2.05, 4.69) is 4.98 Å². The molecule has 0 spiro atoms. The summed E-state index contributed by atoms with van der Waals surface area (Å²) in [6.07, 6.45) is 3.58. The lowest BCUT2D eigenvalue weighted by atomic mass is 10.1. The average Bonchev–Trinajstić information content (AvgIpc) is 2.49. The molecule has 0 bridgehead atoms. The lowest BCUT2D eigenvalue weighted by Crippen LogP contribution is -2.36. The maximum absolute atomic E-state index is 13.6. The molecule has 1 heterocycles. The zero-order valence-corrected chi connectivity index (χ0v) is 13.2. The number of hydrogen-bond donors (Lipinski definition) is 0. The van der Waals surface area contributed by atoms with Gasteiger partial charge in [-0.3, -0.25) is 4.79 Å². The molecule has 122 valence electrons. The molecule has 7 heteroatoms. The number of rotatable bonds is 5. The van der Waals surface area contributed by atoms with E-state index in [0.717, 1.165) is 12.4 Å². The number of halogens is 1. The first-order valence-corrected chi connectivity index (χ1v) is 7.24. The third-order valence-corrected chi connectivity index (χ3v) is 3.26. The summed E-state index contributed by atoms with van der Waals surface area (Å²) in [6, 6.07) is 3.65. The van der Waals surface area contributed by atoms with Crippen LogP contribution in [0.25, 0.3) is 0 Å². The van der Waals surface area contributed by atoms with E-state index in [9.17, 15) is 14.4 Å². The Kier molecular flexibility index (Phi) is 5.10. The molecule has 6 nitrogen and oxygen atoms in total. The summed E-state index contributed by atoms with van der Waals surface area (Å²) in [5, 5.41) is 11.2. The van der Waals surface area contributed by atoms with E-state index < -0.39 is 5.82 Å². The highest BCUT2D eigenvalue weighted by Crippen LogP contribution is 2.26. The van der Waals surface area contributed by atoms with Crippen LogP contribution in [-0.4, -0.2) is 28.4 Å². The first kappa shape index (κ1) is 16.7. The molecule has 0 saturated heterocycles. The summed E-state index contributed by atoms with van der Waals surface area (Å²) < 4.78 is 19.6. The van der Waals surface area contributed by atoms with Crippen LogP contribution in [0, 0.1) is 11.0 Å². The summed E-state index contributed by atoms with van der Waals surface area (Å²) in [5.41, 5.74) is 0.0989. The average molecular weight is 319 g/mol. The molecule has 1 aromatic heterocycles. The van der Waals surface area contributed by atoms with Gasteiger partial charge in [0, 0.05) is 12.6 Å². The first-order valence-electron chi connectivity index (χ1n) is 7.24. The summed E-state index contributed by atoms with van der Waals surface area (Å²) in [5.74, 6) is -0.541. The molecule has 0 aliphatic heterocycles. The van der Waals surface area contributed by atoms with Crippen molar-refractivity contribution in [1.29, 1.82) is 0 Å². The standard InChI is InChI=1S/C16H18FN3O3/c1-4-20(11(2)3)16(21)14-7-12(17)5-6-15(14)23-13-8-18-10-19(22)9-13/h5-11H,4H2,1-3H3. The van der Waals surface area contributed by atoms with Crippen molar-refractivity contribution in [2.24, 2.45) is 0 Å². The van der Waals surface area contributed by atoms with E-state index in [1.807, 2.05) is 20.8 Å². The van der Waals surface area contributed by atoms with E-state index in [4.69, 9.17) is 4.74 Å². The van der Waals surface area contributed by atoms with Gasteiger partial charge in [0.25, 0.3) is 12.2 Å². The van der Waals surface area contributed by atoms with Crippen LogP contribution in [-0.2, 0) is 0 Å². The fraction of sp³-hybridized carbons (Fsp3) is 0.312. The summed E-state index contributed by atoms with van der Waals surface area (Å²) in [6.45, 7) is 6.09. The molecule has 2 aromatic rings. The largest absolute Gasteiger partial charge is 0.711 e. The van der Waals surface area contributed by atoms with Gasteiger partial charge in [0.15, 0.2) is 6.20 Å². The minimum Gasteiger partial charge on any atom is -0.711 e. The highest BCUT2D eigenvalue weighted by atomic mass is 19.1. The second-order valence-electron chi connectivity index (χ2n) is 5.21. The molecule has 0 aliphatic rings. The molecule has 0 saturated carbocycles. The SMILES string of the molecule is CCN(C(=O)c1cc(F)ccc1Oc1cnc[n+]([O-])c1)C(C)C. The Hall–Kier alpha value is -2.70. The molecule has 23 heavy (non-hydrogen) atoms. The lowest BCUT2D eigenvalue weighted by Gasteiger charge is -2.26. The van der Waals surface area contributed by atoms with E-state index in [0.29, 0.717) is 11.3 Å². The maximum Gasteiger partial charge on any atom is 0.289 e. The van der Waals surface area contributed by atoms with Crippen molar-refractivity contribution < 1.29 is 18.7 Å². The van der Waals surface area contributed by atoms with Crippen LogP contribution in [0.4, 0.5) is 4.39 Å².